The number of hydrogen-bond acceptors (Lipinski definition) is 4. The summed E-state index contributed by atoms with van der Waals surface area (Å²) in [7, 11) is 2.12. The predicted molar refractivity (Wildman–Crippen MR) is 134 cm³/mol. The summed E-state index contributed by atoms with van der Waals surface area (Å²) in [6, 6.07) is 8.13. The maximum absolute atomic E-state index is 13.9. The molecule has 0 bridgehead atoms. The van der Waals surface area contributed by atoms with Gasteiger partial charge in [-0.3, -0.25) is 14.5 Å². The minimum absolute atomic E-state index is 0.0230. The van der Waals surface area contributed by atoms with Gasteiger partial charge in [-0.1, -0.05) is 87.6 Å². The summed E-state index contributed by atoms with van der Waals surface area (Å²) in [5.74, 6) is -0.132. The van der Waals surface area contributed by atoms with E-state index in [4.69, 9.17) is 0 Å². The molecule has 1 saturated heterocycles. The average Bonchev–Trinajstić information content (AvgIpc) is 3.06. The first-order chi connectivity index (χ1) is 16.1. The van der Waals surface area contributed by atoms with Crippen molar-refractivity contribution in [2.75, 3.05) is 33.2 Å². The van der Waals surface area contributed by atoms with Crippen LogP contribution in [0.15, 0.2) is 30.0 Å². The number of hydrogen-bond donors (Lipinski definition) is 0. The first-order valence-electron chi connectivity index (χ1n) is 13.2. The van der Waals surface area contributed by atoms with Crippen LogP contribution in [-0.4, -0.2) is 65.8 Å². The Kier molecular flexibility index (Phi) is 8.24. The van der Waals surface area contributed by atoms with Crippen molar-refractivity contribution in [2.24, 2.45) is 0 Å². The minimum Gasteiger partial charge on any atom is -0.364 e. The van der Waals surface area contributed by atoms with Crippen molar-refractivity contribution in [1.82, 2.24) is 14.7 Å². The summed E-state index contributed by atoms with van der Waals surface area (Å²) in [5, 5.41) is 0. The molecule has 2 fully saturated rings. The summed E-state index contributed by atoms with van der Waals surface area (Å²) in [6.45, 7) is 5.46. The summed E-state index contributed by atoms with van der Waals surface area (Å²) >= 11 is 0. The Bertz CT molecular complexity index is 840. The van der Waals surface area contributed by atoms with Crippen LogP contribution < -0.4 is 0 Å². The second-order valence-electron chi connectivity index (χ2n) is 10.3. The van der Waals surface area contributed by atoms with Gasteiger partial charge in [0.05, 0.1) is 5.57 Å². The molecule has 0 spiro atoms. The van der Waals surface area contributed by atoms with Gasteiger partial charge in [0.25, 0.3) is 11.8 Å². The fraction of sp³-hybridized carbons (Fsp3) is 0.643. The van der Waals surface area contributed by atoms with Crippen LogP contribution in [0.25, 0.3) is 5.57 Å². The molecule has 1 saturated carbocycles. The lowest BCUT2D eigenvalue weighted by molar-refractivity contribution is -0.140. The number of imide groups is 1. The number of likely N-dealkylation sites (N-methyl/N-ethyl adjacent to an activating group) is 1. The molecule has 2 amide bonds. The molecule has 0 unspecified atom stereocenters. The Balaban J connectivity index is 1.62. The lowest BCUT2D eigenvalue weighted by Crippen LogP contribution is -2.47. The van der Waals surface area contributed by atoms with E-state index in [0.29, 0.717) is 11.3 Å². The van der Waals surface area contributed by atoms with Gasteiger partial charge in [-0.25, -0.2) is 0 Å². The molecule has 0 N–H and O–H groups in total. The van der Waals surface area contributed by atoms with E-state index >= 15 is 0 Å². The SMILES string of the molecule is Cc1ccc(C2=C(N3CCN(C)CC3)C(=O)N(C3CCCCCCCCCCC3)C2=O)cc1. The number of aryl methyl sites for hydroxylation is 1. The van der Waals surface area contributed by atoms with Gasteiger partial charge in [-0.2, -0.15) is 0 Å². The van der Waals surface area contributed by atoms with Crippen molar-refractivity contribution in [3.8, 4) is 0 Å². The highest BCUT2D eigenvalue weighted by molar-refractivity contribution is 6.35. The molecule has 3 aliphatic rings. The van der Waals surface area contributed by atoms with Gasteiger partial charge < -0.3 is 9.80 Å². The number of carbonyl (C=O) groups excluding carboxylic acids is 2. The van der Waals surface area contributed by atoms with Gasteiger partial charge >= 0.3 is 0 Å². The van der Waals surface area contributed by atoms with Crippen molar-refractivity contribution in [2.45, 2.75) is 83.6 Å². The molecular weight excluding hydrogens is 410 g/mol. The number of rotatable bonds is 3. The molecule has 2 aliphatic heterocycles. The number of amides is 2. The quantitative estimate of drug-likeness (QED) is 0.607. The molecule has 1 aromatic rings. The van der Waals surface area contributed by atoms with Crippen LogP contribution in [-0.2, 0) is 9.59 Å². The number of nitrogens with zero attached hydrogens (tertiary/aromatic N) is 3. The normalized spacial score (nSPS) is 23.1. The number of carbonyl (C=O) groups is 2. The lowest BCUT2D eigenvalue weighted by atomic mass is 9.96. The van der Waals surface area contributed by atoms with Crippen LogP contribution in [0, 0.1) is 6.92 Å². The molecule has 180 valence electrons. The van der Waals surface area contributed by atoms with Crippen LogP contribution in [0.2, 0.25) is 0 Å². The molecule has 0 radical (unpaired) electrons. The first-order valence-corrected chi connectivity index (χ1v) is 13.2. The zero-order valence-electron chi connectivity index (χ0n) is 20.7. The molecular formula is C28H41N3O2. The van der Waals surface area contributed by atoms with Crippen LogP contribution in [0.1, 0.15) is 81.8 Å². The second kappa shape index (κ2) is 11.3. The Hall–Kier alpha value is -2.14. The van der Waals surface area contributed by atoms with E-state index < -0.39 is 0 Å². The van der Waals surface area contributed by atoms with E-state index in [2.05, 4.69) is 23.8 Å². The van der Waals surface area contributed by atoms with Gasteiger partial charge in [0, 0.05) is 32.2 Å². The molecule has 5 heteroatoms. The summed E-state index contributed by atoms with van der Waals surface area (Å²) < 4.78 is 0. The molecule has 2 heterocycles. The van der Waals surface area contributed by atoms with E-state index in [1.165, 1.54) is 44.9 Å². The topological polar surface area (TPSA) is 43.9 Å². The smallest absolute Gasteiger partial charge is 0.278 e. The Morgan fingerprint density at radius 2 is 1.21 bits per heavy atom. The lowest BCUT2D eigenvalue weighted by Gasteiger charge is -2.35. The zero-order chi connectivity index (χ0) is 23.2. The largest absolute Gasteiger partial charge is 0.364 e. The Morgan fingerprint density at radius 1 is 0.697 bits per heavy atom. The third-order valence-electron chi connectivity index (χ3n) is 7.69. The predicted octanol–water partition coefficient (Wildman–Crippen LogP) is 5.00. The van der Waals surface area contributed by atoms with Crippen LogP contribution in [0.5, 0.6) is 0 Å². The molecule has 33 heavy (non-hydrogen) atoms. The highest BCUT2D eigenvalue weighted by Crippen LogP contribution is 2.35. The summed E-state index contributed by atoms with van der Waals surface area (Å²) in [4.78, 5) is 33.9. The molecule has 1 aromatic carbocycles. The molecule has 4 rings (SSSR count). The van der Waals surface area contributed by atoms with E-state index in [1.54, 1.807) is 4.90 Å². The number of piperazine rings is 1. The van der Waals surface area contributed by atoms with Crippen LogP contribution >= 0.6 is 0 Å². The monoisotopic (exact) mass is 451 g/mol. The average molecular weight is 452 g/mol. The standard InChI is InChI=1S/C28H41N3O2/c1-22-14-16-23(17-15-22)25-26(30-20-18-29(2)19-21-30)28(33)31(27(25)32)24-12-10-8-6-4-3-5-7-9-11-13-24/h14-17,24H,3-13,18-21H2,1-2H3. The van der Waals surface area contributed by atoms with Crippen molar-refractivity contribution in [3.63, 3.8) is 0 Å². The van der Waals surface area contributed by atoms with Crippen molar-refractivity contribution in [3.05, 3.63) is 41.1 Å². The fourth-order valence-corrected chi connectivity index (χ4v) is 5.57. The van der Waals surface area contributed by atoms with Gasteiger partial charge in [-0.15, -0.1) is 0 Å². The minimum atomic E-state index is -0.0742. The van der Waals surface area contributed by atoms with Gasteiger partial charge in [0.15, 0.2) is 0 Å². The second-order valence-corrected chi connectivity index (χ2v) is 10.3. The molecule has 0 atom stereocenters. The van der Waals surface area contributed by atoms with Crippen LogP contribution in [0.3, 0.4) is 0 Å². The zero-order valence-corrected chi connectivity index (χ0v) is 20.7. The van der Waals surface area contributed by atoms with Crippen molar-refractivity contribution < 1.29 is 9.59 Å². The van der Waals surface area contributed by atoms with E-state index in [9.17, 15) is 9.59 Å². The van der Waals surface area contributed by atoms with Crippen molar-refractivity contribution >= 4 is 17.4 Å². The van der Waals surface area contributed by atoms with Gasteiger partial charge in [-0.05, 0) is 32.4 Å². The third kappa shape index (κ3) is 5.68. The van der Waals surface area contributed by atoms with Gasteiger partial charge in [0.1, 0.15) is 5.70 Å². The van der Waals surface area contributed by atoms with Crippen molar-refractivity contribution in [1.29, 1.82) is 0 Å². The van der Waals surface area contributed by atoms with Crippen LogP contribution in [0.4, 0.5) is 0 Å². The Labute approximate surface area is 199 Å². The maximum atomic E-state index is 13.9. The highest BCUT2D eigenvalue weighted by Gasteiger charge is 2.44. The maximum Gasteiger partial charge on any atom is 0.278 e. The van der Waals surface area contributed by atoms with E-state index in [1.807, 2.05) is 24.3 Å². The Morgan fingerprint density at radius 3 is 1.76 bits per heavy atom. The highest BCUT2D eigenvalue weighted by atomic mass is 16.2. The first kappa shape index (κ1) is 24.0. The molecule has 0 aromatic heterocycles. The number of benzene rings is 1. The van der Waals surface area contributed by atoms with E-state index in [-0.39, 0.29) is 17.9 Å². The summed E-state index contributed by atoms with van der Waals surface area (Å²) in [5.41, 5.74) is 3.30. The summed E-state index contributed by atoms with van der Waals surface area (Å²) in [6.07, 6.45) is 13.0. The fourth-order valence-electron chi connectivity index (χ4n) is 5.57. The van der Waals surface area contributed by atoms with E-state index in [0.717, 1.165) is 63.0 Å². The third-order valence-corrected chi connectivity index (χ3v) is 7.69. The molecule has 1 aliphatic carbocycles. The molecule has 5 nitrogen and oxygen atoms in total. The van der Waals surface area contributed by atoms with Gasteiger partial charge in [0.2, 0.25) is 0 Å².